The van der Waals surface area contributed by atoms with E-state index in [4.69, 9.17) is 0 Å². The van der Waals surface area contributed by atoms with Crippen LogP contribution in [0.3, 0.4) is 0 Å². The van der Waals surface area contributed by atoms with Crippen molar-refractivity contribution in [3.05, 3.63) is 133 Å². The van der Waals surface area contributed by atoms with Crippen molar-refractivity contribution in [3.63, 3.8) is 0 Å². The molecule has 1 heteroatoms. The van der Waals surface area contributed by atoms with Crippen LogP contribution in [0.1, 0.15) is 0 Å². The van der Waals surface area contributed by atoms with Crippen LogP contribution in [0.25, 0.3) is 43.8 Å². The second-order valence-electron chi connectivity index (χ2n) is 7.40. The van der Waals surface area contributed by atoms with Crippen LogP contribution in [-0.4, -0.2) is 0 Å². The first-order valence-corrected chi connectivity index (χ1v) is 10.3. The van der Waals surface area contributed by atoms with E-state index in [0.717, 1.165) is 0 Å². The fourth-order valence-electron chi connectivity index (χ4n) is 4.04. The largest absolute Gasteiger partial charge is 2.00 e. The quantitative estimate of drug-likeness (QED) is 0.171. The van der Waals surface area contributed by atoms with E-state index in [9.17, 15) is 0 Å². The molecule has 0 heterocycles. The zero-order valence-corrected chi connectivity index (χ0v) is 18.8. The summed E-state index contributed by atoms with van der Waals surface area (Å²) < 4.78 is 0. The normalized spacial score (nSPS) is 10.3. The van der Waals surface area contributed by atoms with Gasteiger partial charge in [0.05, 0.1) is 0 Å². The van der Waals surface area contributed by atoms with Crippen molar-refractivity contribution >= 4 is 21.5 Å². The third-order valence-corrected chi connectivity index (χ3v) is 5.53. The van der Waals surface area contributed by atoms with E-state index in [0.29, 0.717) is 0 Å². The standard InChI is InChI=1S/2C15H11.Ru/c2*1-2-6-12(7-3-1)15-11-10-13-8-4-5-9-14(13)15;/h2*1-11H;/q2*-1;+2. The predicted octanol–water partition coefficient (Wildman–Crippen LogP) is 8.45. The van der Waals surface area contributed by atoms with Gasteiger partial charge in [-0.25, -0.2) is 0 Å². The second-order valence-corrected chi connectivity index (χ2v) is 7.40. The van der Waals surface area contributed by atoms with Gasteiger partial charge in [0.25, 0.3) is 0 Å². The monoisotopic (exact) mass is 484 g/mol. The summed E-state index contributed by atoms with van der Waals surface area (Å²) in [5, 5.41) is 5.31. The van der Waals surface area contributed by atoms with Crippen molar-refractivity contribution in [2.45, 2.75) is 0 Å². The molecule has 6 rings (SSSR count). The van der Waals surface area contributed by atoms with Crippen LogP contribution in [-0.2, 0) is 19.5 Å². The molecule has 0 amide bonds. The molecule has 0 aromatic heterocycles. The van der Waals surface area contributed by atoms with Crippen molar-refractivity contribution in [2.75, 3.05) is 0 Å². The fraction of sp³-hybridized carbons (Fsp3) is 0. The van der Waals surface area contributed by atoms with Gasteiger partial charge in [0.2, 0.25) is 0 Å². The van der Waals surface area contributed by atoms with Gasteiger partial charge >= 0.3 is 19.5 Å². The second kappa shape index (κ2) is 9.69. The molecule has 0 saturated heterocycles. The molecule has 31 heavy (non-hydrogen) atoms. The summed E-state index contributed by atoms with van der Waals surface area (Å²) in [6, 6.07) is 46.8. The van der Waals surface area contributed by atoms with E-state index in [1.54, 1.807) is 0 Å². The van der Waals surface area contributed by atoms with E-state index >= 15 is 0 Å². The molecule has 0 radical (unpaired) electrons. The summed E-state index contributed by atoms with van der Waals surface area (Å²) in [6.45, 7) is 0. The fourth-order valence-corrected chi connectivity index (χ4v) is 4.04. The third-order valence-electron chi connectivity index (χ3n) is 5.53. The Balaban J connectivity index is 0.000000144. The van der Waals surface area contributed by atoms with Gasteiger partial charge in [0.15, 0.2) is 0 Å². The summed E-state index contributed by atoms with van der Waals surface area (Å²) >= 11 is 0. The van der Waals surface area contributed by atoms with Crippen molar-refractivity contribution in [1.29, 1.82) is 0 Å². The van der Waals surface area contributed by atoms with Gasteiger partial charge in [-0.05, 0) is 0 Å². The number of rotatable bonds is 2. The molecule has 0 N–H and O–H groups in total. The third kappa shape index (κ3) is 4.43. The van der Waals surface area contributed by atoms with E-state index in [1.807, 2.05) is 0 Å². The Kier molecular flexibility index (Phi) is 6.55. The molecule has 0 atom stereocenters. The average molecular weight is 484 g/mol. The molecule has 0 aliphatic carbocycles. The molecule has 0 nitrogen and oxygen atoms in total. The van der Waals surface area contributed by atoms with E-state index in [2.05, 4.69) is 133 Å². The minimum atomic E-state index is 0. The maximum atomic E-state index is 2.19. The molecule has 0 fully saturated rings. The maximum absolute atomic E-state index is 2.19. The Morgan fingerprint density at radius 3 is 1.16 bits per heavy atom. The van der Waals surface area contributed by atoms with E-state index < -0.39 is 0 Å². The van der Waals surface area contributed by atoms with Crippen LogP contribution in [0, 0.1) is 0 Å². The predicted molar refractivity (Wildman–Crippen MR) is 130 cm³/mol. The van der Waals surface area contributed by atoms with Crippen LogP contribution in [0.15, 0.2) is 133 Å². The summed E-state index contributed by atoms with van der Waals surface area (Å²) in [4.78, 5) is 0. The molecular weight excluding hydrogens is 461 g/mol. The summed E-state index contributed by atoms with van der Waals surface area (Å²) in [6.07, 6.45) is 0. The molecule has 0 aliphatic rings. The smallest absolute Gasteiger partial charge is 0.150 e. The van der Waals surface area contributed by atoms with Crippen molar-refractivity contribution in [1.82, 2.24) is 0 Å². The van der Waals surface area contributed by atoms with Gasteiger partial charge in [-0.15, -0.1) is 93.3 Å². The van der Waals surface area contributed by atoms with Crippen molar-refractivity contribution in [2.24, 2.45) is 0 Å². The van der Waals surface area contributed by atoms with Gasteiger partial charge < -0.3 is 0 Å². The Labute approximate surface area is 196 Å². The molecule has 0 saturated carbocycles. The van der Waals surface area contributed by atoms with Gasteiger partial charge in [-0.2, -0.15) is 0 Å². The minimum Gasteiger partial charge on any atom is -0.150 e. The van der Waals surface area contributed by atoms with Gasteiger partial charge in [-0.3, -0.25) is 0 Å². The van der Waals surface area contributed by atoms with Crippen LogP contribution < -0.4 is 0 Å². The summed E-state index contributed by atoms with van der Waals surface area (Å²) in [5.41, 5.74) is 5.23. The molecule has 150 valence electrons. The van der Waals surface area contributed by atoms with Crippen molar-refractivity contribution in [3.8, 4) is 22.3 Å². The Morgan fingerprint density at radius 1 is 0.387 bits per heavy atom. The molecule has 6 aromatic carbocycles. The summed E-state index contributed by atoms with van der Waals surface area (Å²) in [7, 11) is 0. The Hall–Kier alpha value is -3.28. The topological polar surface area (TPSA) is 0 Å². The Bertz CT molecular complexity index is 1260. The molecule has 0 bridgehead atoms. The number of hydrogen-bond acceptors (Lipinski definition) is 0. The van der Waals surface area contributed by atoms with Crippen molar-refractivity contribution < 1.29 is 19.5 Å². The van der Waals surface area contributed by atoms with Crippen LogP contribution in [0.4, 0.5) is 0 Å². The molecule has 6 aromatic rings. The molecular formula is C30H22Ru. The van der Waals surface area contributed by atoms with Gasteiger partial charge in [0.1, 0.15) is 0 Å². The first-order chi connectivity index (χ1) is 14.9. The zero-order valence-electron chi connectivity index (χ0n) is 17.1. The van der Waals surface area contributed by atoms with E-state index in [-0.39, 0.29) is 19.5 Å². The zero-order chi connectivity index (χ0) is 20.2. The first kappa shape index (κ1) is 21.0. The van der Waals surface area contributed by atoms with Crippen LogP contribution in [0.5, 0.6) is 0 Å². The molecule has 0 spiro atoms. The molecule has 0 unspecified atom stereocenters. The first-order valence-electron chi connectivity index (χ1n) is 10.3. The average Bonchev–Trinajstić information content (AvgIpc) is 3.45. The number of hydrogen-bond donors (Lipinski definition) is 0. The SMILES string of the molecule is [Ru+2].c1ccc(-c2c[cH-]c3ccccc23)cc1.c1ccc(-c2c[cH-]c3ccccc23)cc1. The Morgan fingerprint density at radius 2 is 0.742 bits per heavy atom. The summed E-state index contributed by atoms with van der Waals surface area (Å²) in [5.74, 6) is 0. The van der Waals surface area contributed by atoms with Gasteiger partial charge in [-0.1, -0.05) is 83.9 Å². The minimum absolute atomic E-state index is 0. The van der Waals surface area contributed by atoms with Gasteiger partial charge in [0, 0.05) is 0 Å². The maximum Gasteiger partial charge on any atom is 2.00 e. The van der Waals surface area contributed by atoms with E-state index in [1.165, 1.54) is 43.8 Å². The van der Waals surface area contributed by atoms with Crippen LogP contribution in [0.2, 0.25) is 0 Å². The number of benzene rings is 4. The number of fused-ring (bicyclic) bond motifs is 2. The molecule has 0 aliphatic heterocycles. The van der Waals surface area contributed by atoms with Crippen LogP contribution >= 0.6 is 0 Å².